The van der Waals surface area contributed by atoms with Gasteiger partial charge in [-0.15, -0.1) is 0 Å². The number of rotatable bonds is 12. The van der Waals surface area contributed by atoms with Crippen molar-refractivity contribution in [2.45, 2.75) is 69.9 Å². The van der Waals surface area contributed by atoms with Crippen molar-refractivity contribution < 1.29 is 15.2 Å². The van der Waals surface area contributed by atoms with Gasteiger partial charge in [0.05, 0.1) is 22.3 Å². The smallest absolute Gasteiger partial charge is 0.415 e. The fourth-order valence-electron chi connectivity index (χ4n) is 10.1. The van der Waals surface area contributed by atoms with Crippen LogP contribution in [0.1, 0.15) is 42.8 Å². The number of thioether (sulfide) groups is 2. The Morgan fingerprint density at radius 1 is 0.597 bits per heavy atom. The highest BCUT2D eigenvalue weighted by molar-refractivity contribution is 9.08. The van der Waals surface area contributed by atoms with E-state index < -0.39 is 14.1 Å². The van der Waals surface area contributed by atoms with Gasteiger partial charge in [-0.2, -0.15) is 23.5 Å². The number of nitrogens with zero attached hydrogens (tertiary/aromatic N) is 10. The molecule has 1 saturated carbocycles. The monoisotopic (exact) mass is 1170 g/mol. The first kappa shape index (κ1) is 55.3. The van der Waals surface area contributed by atoms with Crippen LogP contribution in [0, 0.1) is 0 Å². The van der Waals surface area contributed by atoms with Crippen molar-refractivity contribution in [2.75, 3.05) is 54.5 Å². The lowest BCUT2D eigenvalue weighted by Crippen LogP contribution is -2.34. The van der Waals surface area contributed by atoms with E-state index in [0.29, 0.717) is 44.6 Å². The maximum absolute atomic E-state index is 10.4. The molecule has 0 atom stereocenters. The van der Waals surface area contributed by atoms with Crippen LogP contribution >= 0.6 is 62.7 Å². The molecule has 77 heavy (non-hydrogen) atoms. The van der Waals surface area contributed by atoms with E-state index in [-0.39, 0.29) is 6.10 Å². The number of fused-ring (bicyclic) bond motifs is 3. The summed E-state index contributed by atoms with van der Waals surface area (Å²) in [4.78, 5) is 36.4. The second-order valence-corrected chi connectivity index (χ2v) is 23.3. The zero-order valence-electron chi connectivity index (χ0n) is 43.1. The number of halogens is 3. The SMILES string of the molecule is CB(O)n1c(CBr)cc2c(Cl)nc(-c3ccccc3)nc21.CB(O)n1c(CN2CCSCC2)cc2c(Cl)nc(-c3ccccc3)nc21.OC1CCC(Nc2nc(-c3ccccc3)nc3[nH]c(CN4CCSCC4)cc23)CC1. The minimum atomic E-state index is -0.690. The molecule has 22 heteroatoms. The van der Waals surface area contributed by atoms with Crippen molar-refractivity contribution in [2.24, 2.45) is 0 Å². The fraction of sp³-hybridized carbons (Fsp3) is 0.345. The van der Waals surface area contributed by atoms with Gasteiger partial charge in [0.1, 0.15) is 33.1 Å². The van der Waals surface area contributed by atoms with Crippen molar-refractivity contribution in [3.63, 3.8) is 0 Å². The molecule has 398 valence electrons. The number of nitrogens with one attached hydrogen (secondary N) is 2. The van der Waals surface area contributed by atoms with E-state index in [9.17, 15) is 15.2 Å². The van der Waals surface area contributed by atoms with E-state index in [0.717, 1.165) is 138 Å². The first-order valence-electron chi connectivity index (χ1n) is 26.2. The molecule has 12 rings (SSSR count). The lowest BCUT2D eigenvalue weighted by atomic mass is 9.87. The lowest BCUT2D eigenvalue weighted by Gasteiger charge is -2.26. The minimum Gasteiger partial charge on any atom is -0.432 e. The normalized spacial score (nSPS) is 17.2. The number of alkyl halides is 1. The van der Waals surface area contributed by atoms with Crippen LogP contribution < -0.4 is 5.32 Å². The Morgan fingerprint density at radius 3 is 1.53 bits per heavy atom. The Bertz CT molecular complexity index is 3400. The molecule has 0 radical (unpaired) electrons. The van der Waals surface area contributed by atoms with E-state index in [1.165, 1.54) is 17.2 Å². The van der Waals surface area contributed by atoms with Crippen molar-refractivity contribution in [1.29, 1.82) is 0 Å². The van der Waals surface area contributed by atoms with Crippen LogP contribution in [0.5, 0.6) is 0 Å². The number of anilines is 1. The summed E-state index contributed by atoms with van der Waals surface area (Å²) in [5, 5.41) is 37.9. The molecule has 2 aliphatic heterocycles. The summed E-state index contributed by atoms with van der Waals surface area (Å²) in [6.45, 7) is 9.54. The molecule has 15 nitrogen and oxygen atoms in total. The molecule has 0 bridgehead atoms. The molecule has 0 spiro atoms. The molecular weight excluding hydrogens is 1110 g/mol. The molecule has 6 aromatic heterocycles. The Labute approximate surface area is 476 Å². The lowest BCUT2D eigenvalue weighted by molar-refractivity contribution is 0.126. The Hall–Kier alpha value is -4.99. The highest BCUT2D eigenvalue weighted by Crippen LogP contribution is 2.33. The van der Waals surface area contributed by atoms with Crippen molar-refractivity contribution >= 4 is 116 Å². The van der Waals surface area contributed by atoms with Gasteiger partial charge < -0.3 is 34.4 Å². The number of aromatic nitrogens is 9. The summed E-state index contributed by atoms with van der Waals surface area (Å²) in [5.41, 5.74) is 8.14. The van der Waals surface area contributed by atoms with Crippen LogP contribution in [0.25, 0.3) is 67.3 Å². The van der Waals surface area contributed by atoms with Crippen LogP contribution in [-0.2, 0) is 18.4 Å². The highest BCUT2D eigenvalue weighted by atomic mass is 79.9. The highest BCUT2D eigenvalue weighted by Gasteiger charge is 2.25. The summed E-state index contributed by atoms with van der Waals surface area (Å²) in [6, 6.07) is 36.0. The van der Waals surface area contributed by atoms with Crippen LogP contribution in [0.4, 0.5) is 5.82 Å². The van der Waals surface area contributed by atoms with Gasteiger partial charge in [-0.05, 0) is 57.5 Å². The number of aliphatic hydroxyl groups excluding tert-OH is 1. The van der Waals surface area contributed by atoms with Crippen molar-refractivity contribution in [1.82, 2.24) is 53.6 Å². The van der Waals surface area contributed by atoms with Crippen LogP contribution in [0.3, 0.4) is 0 Å². The molecule has 2 saturated heterocycles. The Morgan fingerprint density at radius 2 is 1.05 bits per heavy atom. The van der Waals surface area contributed by atoms with E-state index in [4.69, 9.17) is 38.2 Å². The summed E-state index contributed by atoms with van der Waals surface area (Å²) in [5.74, 6) is 7.47. The summed E-state index contributed by atoms with van der Waals surface area (Å²) in [6.07, 6.45) is 3.48. The third-order valence-corrected chi connectivity index (χ3v) is 17.0. The molecule has 8 heterocycles. The third-order valence-electron chi connectivity index (χ3n) is 14.0. The zero-order chi connectivity index (χ0) is 53.4. The fourth-order valence-corrected chi connectivity index (χ4v) is 12.9. The van der Waals surface area contributed by atoms with Gasteiger partial charge in [-0.1, -0.05) is 130 Å². The first-order chi connectivity index (χ1) is 37.5. The molecule has 0 unspecified atom stereocenters. The molecule has 0 amide bonds. The van der Waals surface area contributed by atoms with Gasteiger partial charge in [0.15, 0.2) is 17.5 Å². The number of hydrogen-bond donors (Lipinski definition) is 5. The molecule has 3 fully saturated rings. The quantitative estimate of drug-likeness (QED) is 0.0443. The van der Waals surface area contributed by atoms with Crippen LogP contribution in [0.15, 0.2) is 109 Å². The molecule has 9 aromatic rings. The van der Waals surface area contributed by atoms with E-state index in [1.807, 2.05) is 119 Å². The van der Waals surface area contributed by atoms with Gasteiger partial charge in [0.25, 0.3) is 0 Å². The average Bonchev–Trinajstić information content (AvgIpc) is 4.24. The minimum absolute atomic E-state index is 0.157. The maximum atomic E-state index is 10.4. The number of aliphatic hydroxyl groups is 1. The average molecular weight is 1170 g/mol. The first-order valence-corrected chi connectivity index (χ1v) is 30.4. The molecule has 1 aliphatic carbocycles. The summed E-state index contributed by atoms with van der Waals surface area (Å²) < 4.78 is 3.63. The van der Waals surface area contributed by atoms with Crippen LogP contribution in [-0.4, -0.2) is 144 Å². The second kappa shape index (κ2) is 25.9. The Balaban J connectivity index is 0.000000133. The standard InChI is InChI=1S/C23H29N5OS.C18H20BClN4OS.C14H12BBrClN3O/c29-19-8-6-17(7-9-19)24-22-20-14-18(15-28-10-12-30-13-11-28)25-23(20)27-21(26-22)16-4-2-1-3-5-16;1-19(25)24-14(12-23-7-9-26-10-8-23)11-15-16(20)21-17(22-18(15)24)13-5-3-2-4-6-13;1-15(21)20-10(8-16)7-11-12(17)18-13(19-14(11)20)9-5-3-2-4-6-9/h1-5,14,17,19,29H,6-13,15H2,(H2,24,25,26,27);2-6,11,25H,7-10,12H2,1H3;2-7,21H,8H2,1H3. The van der Waals surface area contributed by atoms with E-state index in [2.05, 4.69) is 69.2 Å². The van der Waals surface area contributed by atoms with Gasteiger partial charge >= 0.3 is 14.1 Å². The predicted molar refractivity (Wildman–Crippen MR) is 323 cm³/mol. The zero-order valence-corrected chi connectivity index (χ0v) is 47.8. The number of H-pyrrole nitrogens is 1. The molecular formula is C55H61B2BrCl2N12O3S2. The Kier molecular flexibility index (Phi) is 18.6. The van der Waals surface area contributed by atoms with Gasteiger partial charge in [-0.3, -0.25) is 9.80 Å². The predicted octanol–water partition coefficient (Wildman–Crippen LogP) is 10.8. The van der Waals surface area contributed by atoms with Crippen LogP contribution in [0.2, 0.25) is 24.0 Å². The molecule has 3 aliphatic rings. The molecule has 3 aromatic carbocycles. The third kappa shape index (κ3) is 13.4. The van der Waals surface area contributed by atoms with Crippen molar-refractivity contribution in [3.8, 4) is 34.2 Å². The number of benzene rings is 3. The topological polar surface area (TPSA) is 182 Å². The molecule has 5 N–H and O–H groups in total. The van der Waals surface area contributed by atoms with Gasteiger partial charge in [-0.25, -0.2) is 29.9 Å². The summed E-state index contributed by atoms with van der Waals surface area (Å²) in [7, 11) is -1.37. The maximum Gasteiger partial charge on any atom is 0.415 e. The summed E-state index contributed by atoms with van der Waals surface area (Å²) >= 11 is 20.2. The van der Waals surface area contributed by atoms with Gasteiger partial charge in [0, 0.05) is 107 Å². The van der Waals surface area contributed by atoms with Gasteiger partial charge in [0.2, 0.25) is 0 Å². The second-order valence-electron chi connectivity index (χ2n) is 19.5. The van der Waals surface area contributed by atoms with E-state index >= 15 is 0 Å². The van der Waals surface area contributed by atoms with E-state index in [1.54, 1.807) is 18.1 Å². The van der Waals surface area contributed by atoms with Crippen molar-refractivity contribution in [3.05, 3.63) is 137 Å². The number of hydrogen-bond acceptors (Lipinski definition) is 14. The number of aromatic amines is 1. The largest absolute Gasteiger partial charge is 0.432 e.